The lowest BCUT2D eigenvalue weighted by Crippen LogP contribution is -2.13. The Morgan fingerprint density at radius 1 is 1.03 bits per heavy atom. The lowest BCUT2D eigenvalue weighted by Gasteiger charge is -2.14. The normalized spacial score (nSPS) is 11.0. The molecule has 29 heavy (non-hydrogen) atoms. The van der Waals surface area contributed by atoms with E-state index in [0.717, 1.165) is 22.6 Å². The molecule has 0 unspecified atom stereocenters. The van der Waals surface area contributed by atoms with Crippen LogP contribution >= 0.6 is 0 Å². The Labute approximate surface area is 172 Å². The third kappa shape index (κ3) is 5.47. The fourth-order valence-electron chi connectivity index (χ4n) is 3.02. The highest BCUT2D eigenvalue weighted by Gasteiger charge is 2.12. The molecule has 0 saturated heterocycles. The number of hydrogen-bond donors (Lipinski definition) is 1. The van der Waals surface area contributed by atoms with Crippen LogP contribution in [0.15, 0.2) is 48.5 Å². The maximum Gasteiger partial charge on any atom is 0.256 e. The Hall–Kier alpha value is -3.08. The van der Waals surface area contributed by atoms with E-state index in [1.54, 1.807) is 0 Å². The summed E-state index contributed by atoms with van der Waals surface area (Å²) in [5.74, 6) is 1.72. The highest BCUT2D eigenvalue weighted by molar-refractivity contribution is 6.03. The third-order valence-corrected chi connectivity index (χ3v) is 4.64. The maximum atomic E-state index is 12.5. The van der Waals surface area contributed by atoms with Gasteiger partial charge in [-0.2, -0.15) is 5.10 Å². The fourth-order valence-corrected chi connectivity index (χ4v) is 3.02. The van der Waals surface area contributed by atoms with Crippen molar-refractivity contribution in [1.29, 1.82) is 0 Å². The van der Waals surface area contributed by atoms with Gasteiger partial charge in [-0.05, 0) is 44.9 Å². The van der Waals surface area contributed by atoms with Gasteiger partial charge in [0.1, 0.15) is 5.75 Å². The molecule has 0 aliphatic rings. The number of carbonyl (C=O) groups is 1. The number of aromatic nitrogens is 2. The van der Waals surface area contributed by atoms with E-state index >= 15 is 0 Å². The first kappa shape index (κ1) is 20.6. The summed E-state index contributed by atoms with van der Waals surface area (Å²) in [4.78, 5) is 12.5. The molecule has 1 N–H and O–H groups in total. The lowest BCUT2D eigenvalue weighted by molar-refractivity contribution is 0.102. The summed E-state index contributed by atoms with van der Waals surface area (Å²) >= 11 is 0. The number of carbonyl (C=O) groups excluding carboxylic acids is 1. The fraction of sp³-hybridized carbons (Fsp3) is 0.333. The minimum atomic E-state index is -0.161. The van der Waals surface area contributed by atoms with Crippen molar-refractivity contribution in [2.24, 2.45) is 5.92 Å². The van der Waals surface area contributed by atoms with E-state index in [1.807, 2.05) is 54.9 Å². The predicted molar refractivity (Wildman–Crippen MR) is 117 cm³/mol. The number of hydrogen-bond acceptors (Lipinski definition) is 3. The second-order valence-electron chi connectivity index (χ2n) is 7.96. The van der Waals surface area contributed by atoms with Crippen LogP contribution in [-0.2, 0) is 6.54 Å². The van der Waals surface area contributed by atoms with Crippen LogP contribution in [0.2, 0.25) is 0 Å². The number of nitrogens with zero attached hydrogens (tertiary/aromatic N) is 2. The van der Waals surface area contributed by atoms with Gasteiger partial charge in [-0.15, -0.1) is 0 Å². The molecule has 5 heteroatoms. The Balaban J connectivity index is 1.76. The van der Waals surface area contributed by atoms with E-state index in [0.29, 0.717) is 30.5 Å². The summed E-state index contributed by atoms with van der Waals surface area (Å²) in [7, 11) is 0. The molecule has 0 aliphatic heterocycles. The van der Waals surface area contributed by atoms with Crippen molar-refractivity contribution >= 4 is 11.7 Å². The molecule has 0 saturated carbocycles. The van der Waals surface area contributed by atoms with Crippen molar-refractivity contribution in [3.8, 4) is 5.75 Å². The molecule has 0 radical (unpaired) electrons. The predicted octanol–water partition coefficient (Wildman–Crippen LogP) is 5.14. The van der Waals surface area contributed by atoms with Crippen molar-refractivity contribution < 1.29 is 9.53 Å². The first-order valence-electron chi connectivity index (χ1n) is 9.96. The van der Waals surface area contributed by atoms with Crippen LogP contribution in [0.1, 0.15) is 46.6 Å². The number of rotatable bonds is 7. The van der Waals surface area contributed by atoms with Crippen LogP contribution < -0.4 is 10.1 Å². The summed E-state index contributed by atoms with van der Waals surface area (Å²) in [5.41, 5.74) is 4.96. The lowest BCUT2D eigenvalue weighted by atomic mass is 10.1. The highest BCUT2D eigenvalue weighted by Crippen LogP contribution is 2.23. The molecule has 152 valence electrons. The molecule has 0 fully saturated rings. The van der Waals surface area contributed by atoms with E-state index < -0.39 is 0 Å². The third-order valence-electron chi connectivity index (χ3n) is 4.64. The monoisotopic (exact) mass is 391 g/mol. The number of nitrogens with one attached hydrogen (secondary N) is 1. The number of aryl methyl sites for hydroxylation is 3. The molecule has 1 amide bonds. The number of amides is 1. The molecule has 1 aromatic heterocycles. The summed E-state index contributed by atoms with van der Waals surface area (Å²) in [6.45, 7) is 11.6. The molecule has 1 heterocycles. The first-order valence-corrected chi connectivity index (χ1v) is 9.96. The topological polar surface area (TPSA) is 56.2 Å². The molecule has 0 bridgehead atoms. The average molecular weight is 392 g/mol. The van der Waals surface area contributed by atoms with Crippen LogP contribution in [0.4, 0.5) is 5.82 Å². The minimum absolute atomic E-state index is 0.161. The van der Waals surface area contributed by atoms with Gasteiger partial charge in [-0.25, -0.2) is 0 Å². The first-order chi connectivity index (χ1) is 13.8. The highest BCUT2D eigenvalue weighted by atomic mass is 16.5. The van der Waals surface area contributed by atoms with Gasteiger partial charge >= 0.3 is 0 Å². The Morgan fingerprint density at radius 2 is 1.72 bits per heavy atom. The zero-order chi connectivity index (χ0) is 21.0. The van der Waals surface area contributed by atoms with Crippen LogP contribution in [0.25, 0.3) is 0 Å². The van der Waals surface area contributed by atoms with Gasteiger partial charge in [-0.3, -0.25) is 9.48 Å². The maximum absolute atomic E-state index is 12.5. The Kier molecular flexibility index (Phi) is 6.37. The average Bonchev–Trinajstić information content (AvgIpc) is 3.00. The SMILES string of the molecule is Cc1ccc(C(=O)Nc2cc(C)n(Cc3cc(C)ccc3OCC(C)C)n2)cc1. The van der Waals surface area contributed by atoms with Gasteiger partial charge in [0.2, 0.25) is 0 Å². The van der Waals surface area contributed by atoms with E-state index in [1.165, 1.54) is 5.56 Å². The van der Waals surface area contributed by atoms with E-state index in [4.69, 9.17) is 4.74 Å². The van der Waals surface area contributed by atoms with Crippen LogP contribution in [0, 0.1) is 26.7 Å². The van der Waals surface area contributed by atoms with Crippen LogP contribution in [0.5, 0.6) is 5.75 Å². The van der Waals surface area contributed by atoms with Crippen molar-refractivity contribution in [2.45, 2.75) is 41.2 Å². The van der Waals surface area contributed by atoms with Crippen molar-refractivity contribution in [2.75, 3.05) is 11.9 Å². The number of anilines is 1. The quantitative estimate of drug-likeness (QED) is 0.606. The van der Waals surface area contributed by atoms with Crippen LogP contribution in [-0.4, -0.2) is 22.3 Å². The van der Waals surface area contributed by atoms with Gasteiger partial charge in [0, 0.05) is 22.9 Å². The molecule has 0 aliphatic carbocycles. The van der Waals surface area contributed by atoms with Crippen molar-refractivity contribution in [1.82, 2.24) is 9.78 Å². The van der Waals surface area contributed by atoms with Gasteiger partial charge in [0.25, 0.3) is 5.91 Å². The van der Waals surface area contributed by atoms with E-state index in [2.05, 4.69) is 43.3 Å². The zero-order valence-corrected chi connectivity index (χ0v) is 17.8. The second-order valence-corrected chi connectivity index (χ2v) is 7.96. The van der Waals surface area contributed by atoms with Crippen molar-refractivity contribution in [3.63, 3.8) is 0 Å². The molecule has 3 aromatic rings. The van der Waals surface area contributed by atoms with Gasteiger partial charge < -0.3 is 10.1 Å². The summed E-state index contributed by atoms with van der Waals surface area (Å²) in [6, 6.07) is 15.6. The van der Waals surface area contributed by atoms with Gasteiger partial charge in [-0.1, -0.05) is 49.2 Å². The van der Waals surface area contributed by atoms with Crippen molar-refractivity contribution in [3.05, 3.63) is 76.5 Å². The zero-order valence-electron chi connectivity index (χ0n) is 17.8. The molecule has 2 aromatic carbocycles. The summed E-state index contributed by atoms with van der Waals surface area (Å²) < 4.78 is 7.88. The molecule has 5 nitrogen and oxygen atoms in total. The standard InChI is InChI=1S/C24H29N3O2/c1-16(2)15-29-22-11-8-18(4)12-21(22)14-27-19(5)13-23(26-27)25-24(28)20-9-6-17(3)7-10-20/h6-13,16H,14-15H2,1-5H3,(H,25,26,28). The van der Waals surface area contributed by atoms with Crippen LogP contribution in [0.3, 0.4) is 0 Å². The van der Waals surface area contributed by atoms with E-state index in [-0.39, 0.29) is 5.91 Å². The van der Waals surface area contributed by atoms with Gasteiger partial charge in [0.15, 0.2) is 5.82 Å². The number of benzene rings is 2. The molecular weight excluding hydrogens is 362 g/mol. The molecule has 3 rings (SSSR count). The molecule has 0 atom stereocenters. The molecule has 0 spiro atoms. The smallest absolute Gasteiger partial charge is 0.256 e. The molecular formula is C24H29N3O2. The van der Waals surface area contributed by atoms with Gasteiger partial charge in [0.05, 0.1) is 13.2 Å². The second kappa shape index (κ2) is 8.95. The minimum Gasteiger partial charge on any atom is -0.493 e. The summed E-state index contributed by atoms with van der Waals surface area (Å²) in [6.07, 6.45) is 0. The largest absolute Gasteiger partial charge is 0.493 e. The summed E-state index contributed by atoms with van der Waals surface area (Å²) in [5, 5.41) is 7.47. The Morgan fingerprint density at radius 3 is 2.41 bits per heavy atom. The Bertz CT molecular complexity index is 988. The van der Waals surface area contributed by atoms with E-state index in [9.17, 15) is 4.79 Å². The number of ether oxygens (including phenoxy) is 1.